The standard InChI is InChI=1S/C13H9O4P/c1-2-6-10-9(5-1)14-13(15-10)18-16-11-7-3-4-8-12(11)17-18/h1-8,13H/p+1. The summed E-state index contributed by atoms with van der Waals surface area (Å²) >= 11 is 0. The van der Waals surface area contributed by atoms with Gasteiger partial charge in [0, 0.05) is 0 Å². The molecule has 18 heavy (non-hydrogen) atoms. The van der Waals surface area contributed by atoms with Gasteiger partial charge in [-0.1, -0.05) is 24.3 Å². The van der Waals surface area contributed by atoms with Gasteiger partial charge in [-0.15, -0.1) is 0 Å². The summed E-state index contributed by atoms with van der Waals surface area (Å²) in [7, 11) is -1.66. The van der Waals surface area contributed by atoms with Gasteiger partial charge in [-0.2, -0.15) is 0 Å². The molecule has 0 aromatic heterocycles. The Hall–Kier alpha value is -1.93. The maximum Gasteiger partial charge on any atom is 0.435 e. The third-order valence-corrected chi connectivity index (χ3v) is 4.24. The van der Waals surface area contributed by atoms with Crippen LogP contribution in [0.2, 0.25) is 0 Å². The van der Waals surface area contributed by atoms with Gasteiger partial charge in [-0.05, 0) is 24.3 Å². The fourth-order valence-corrected chi connectivity index (χ4v) is 3.40. The van der Waals surface area contributed by atoms with E-state index in [9.17, 15) is 0 Å². The Morgan fingerprint density at radius 2 is 1.11 bits per heavy atom. The highest BCUT2D eigenvalue weighted by Crippen LogP contribution is 2.57. The van der Waals surface area contributed by atoms with Crippen LogP contribution in [0, 0.1) is 0 Å². The molecular formula is C13H10O4P+. The lowest BCUT2D eigenvalue weighted by atomic mass is 10.3. The van der Waals surface area contributed by atoms with E-state index in [1.54, 1.807) is 0 Å². The summed E-state index contributed by atoms with van der Waals surface area (Å²) in [6.07, 6.45) is 0. The quantitative estimate of drug-likeness (QED) is 0.738. The van der Waals surface area contributed by atoms with E-state index in [-0.39, 0.29) is 0 Å². The second-order valence-electron chi connectivity index (χ2n) is 3.98. The molecule has 0 aliphatic carbocycles. The second-order valence-corrected chi connectivity index (χ2v) is 5.50. The summed E-state index contributed by atoms with van der Waals surface area (Å²) in [5.41, 5.74) is 0. The minimum absolute atomic E-state index is 0.472. The summed E-state index contributed by atoms with van der Waals surface area (Å²) in [5, 5.41) is 0. The molecule has 2 aliphatic rings. The predicted molar refractivity (Wildman–Crippen MR) is 67.5 cm³/mol. The van der Waals surface area contributed by atoms with E-state index < -0.39 is 14.4 Å². The first kappa shape index (κ1) is 10.0. The van der Waals surface area contributed by atoms with E-state index in [2.05, 4.69) is 0 Å². The Morgan fingerprint density at radius 1 is 0.667 bits per heavy atom. The number of ether oxygens (including phenoxy) is 2. The number of hydrogen-bond acceptors (Lipinski definition) is 4. The van der Waals surface area contributed by atoms with E-state index >= 15 is 0 Å². The summed E-state index contributed by atoms with van der Waals surface area (Å²) in [4.78, 5) is 0. The molecular weight excluding hydrogens is 251 g/mol. The van der Waals surface area contributed by atoms with Gasteiger partial charge in [-0.25, -0.2) is 0 Å². The van der Waals surface area contributed by atoms with Gasteiger partial charge in [0.25, 0.3) is 0 Å². The van der Waals surface area contributed by atoms with E-state index in [4.69, 9.17) is 18.5 Å². The number of fused-ring (bicyclic) bond motifs is 2. The molecule has 0 amide bonds. The summed E-state index contributed by atoms with van der Waals surface area (Å²) in [6.45, 7) is 0. The third kappa shape index (κ3) is 1.50. The van der Waals surface area contributed by atoms with Crippen molar-refractivity contribution < 1.29 is 18.5 Å². The Labute approximate surface area is 105 Å². The van der Waals surface area contributed by atoms with Crippen molar-refractivity contribution in [3.05, 3.63) is 48.5 Å². The summed E-state index contributed by atoms with van der Waals surface area (Å²) in [6, 6.07) is 14.7. The van der Waals surface area contributed by atoms with Crippen LogP contribution in [0.15, 0.2) is 48.5 Å². The number of rotatable bonds is 1. The number of benzene rings is 2. The van der Waals surface area contributed by atoms with E-state index in [1.807, 2.05) is 48.5 Å². The van der Waals surface area contributed by atoms with Crippen LogP contribution >= 0.6 is 8.38 Å². The average Bonchev–Trinajstić information content (AvgIpc) is 3.02. The first-order valence-electron chi connectivity index (χ1n) is 5.64. The van der Waals surface area contributed by atoms with Crippen molar-refractivity contribution in [2.75, 3.05) is 0 Å². The van der Waals surface area contributed by atoms with Gasteiger partial charge >= 0.3 is 14.4 Å². The van der Waals surface area contributed by atoms with Crippen LogP contribution in [0.3, 0.4) is 0 Å². The average molecular weight is 261 g/mol. The SMILES string of the molecule is c1ccc2c(c1)OC([PH+]1Oc3ccccc3O1)O2. The maximum absolute atomic E-state index is 5.75. The molecule has 0 fully saturated rings. The number of hydrogen-bond donors (Lipinski definition) is 0. The van der Waals surface area contributed by atoms with Crippen LogP contribution < -0.4 is 18.5 Å². The zero-order chi connectivity index (χ0) is 11.9. The van der Waals surface area contributed by atoms with Crippen molar-refractivity contribution in [2.24, 2.45) is 0 Å². The van der Waals surface area contributed by atoms with Crippen molar-refractivity contribution in [1.82, 2.24) is 0 Å². The van der Waals surface area contributed by atoms with Gasteiger partial charge in [0.05, 0.1) is 0 Å². The molecule has 2 heterocycles. The molecule has 0 atom stereocenters. The molecule has 90 valence electrons. The fourth-order valence-electron chi connectivity index (χ4n) is 1.95. The minimum atomic E-state index is -1.66. The van der Waals surface area contributed by atoms with Gasteiger partial charge in [-0.3, -0.25) is 9.05 Å². The maximum atomic E-state index is 5.75. The van der Waals surface area contributed by atoms with Crippen LogP contribution in [0.1, 0.15) is 0 Å². The Kier molecular flexibility index (Phi) is 2.11. The first-order chi connectivity index (χ1) is 8.90. The molecule has 0 N–H and O–H groups in total. The monoisotopic (exact) mass is 261 g/mol. The fraction of sp³-hybridized carbons (Fsp3) is 0.0769. The van der Waals surface area contributed by atoms with E-state index in [1.165, 1.54) is 0 Å². The van der Waals surface area contributed by atoms with Crippen molar-refractivity contribution in [3.8, 4) is 23.0 Å². The lowest BCUT2D eigenvalue weighted by Gasteiger charge is -2.07. The smallest absolute Gasteiger partial charge is 0.416 e. The van der Waals surface area contributed by atoms with Crippen LogP contribution in [-0.4, -0.2) is 6.03 Å². The molecule has 0 unspecified atom stereocenters. The Balaban J connectivity index is 1.56. The third-order valence-electron chi connectivity index (χ3n) is 2.78. The van der Waals surface area contributed by atoms with Crippen LogP contribution in [0.5, 0.6) is 23.0 Å². The molecule has 2 aromatic rings. The van der Waals surface area contributed by atoms with Crippen molar-refractivity contribution >= 4 is 8.38 Å². The molecule has 0 saturated heterocycles. The normalized spacial score (nSPS) is 17.1. The molecule has 5 heteroatoms. The second kappa shape index (κ2) is 3.79. The first-order valence-corrected chi connectivity index (χ1v) is 7.03. The van der Waals surface area contributed by atoms with Gasteiger partial charge < -0.3 is 9.47 Å². The molecule has 0 saturated carbocycles. The zero-order valence-electron chi connectivity index (χ0n) is 9.33. The molecule has 2 aromatic carbocycles. The minimum Gasteiger partial charge on any atom is -0.416 e. The highest BCUT2D eigenvalue weighted by molar-refractivity contribution is 7.49. The van der Waals surface area contributed by atoms with Crippen molar-refractivity contribution in [3.63, 3.8) is 0 Å². The topological polar surface area (TPSA) is 36.9 Å². The highest BCUT2D eigenvalue weighted by atomic mass is 31.2. The molecule has 4 nitrogen and oxygen atoms in total. The van der Waals surface area contributed by atoms with Gasteiger partial charge in [0.15, 0.2) is 11.5 Å². The highest BCUT2D eigenvalue weighted by Gasteiger charge is 2.47. The molecule has 0 radical (unpaired) electrons. The Morgan fingerprint density at radius 3 is 1.61 bits per heavy atom. The lowest BCUT2D eigenvalue weighted by Crippen LogP contribution is -2.18. The largest absolute Gasteiger partial charge is 0.435 e. The molecule has 4 rings (SSSR count). The van der Waals surface area contributed by atoms with Gasteiger partial charge in [0.2, 0.25) is 11.5 Å². The molecule has 0 spiro atoms. The molecule has 0 bridgehead atoms. The molecule has 2 aliphatic heterocycles. The Bertz CT molecular complexity index is 498. The van der Waals surface area contributed by atoms with E-state index in [0.29, 0.717) is 0 Å². The predicted octanol–water partition coefficient (Wildman–Crippen LogP) is 3.26. The zero-order valence-corrected chi connectivity index (χ0v) is 10.3. The lowest BCUT2D eigenvalue weighted by molar-refractivity contribution is 0.115. The summed E-state index contributed by atoms with van der Waals surface area (Å²) < 4.78 is 22.9. The van der Waals surface area contributed by atoms with Crippen molar-refractivity contribution in [1.29, 1.82) is 0 Å². The van der Waals surface area contributed by atoms with Crippen molar-refractivity contribution in [2.45, 2.75) is 6.03 Å². The summed E-state index contributed by atoms with van der Waals surface area (Å²) in [5.74, 6) is 3.00. The van der Waals surface area contributed by atoms with Crippen LogP contribution in [0.4, 0.5) is 0 Å². The number of para-hydroxylation sites is 4. The van der Waals surface area contributed by atoms with Crippen LogP contribution in [0.25, 0.3) is 0 Å². The van der Waals surface area contributed by atoms with Crippen LogP contribution in [-0.2, 0) is 0 Å². The van der Waals surface area contributed by atoms with E-state index in [0.717, 1.165) is 23.0 Å². The van der Waals surface area contributed by atoms with Gasteiger partial charge in [0.1, 0.15) is 0 Å².